The Morgan fingerprint density at radius 2 is 1.69 bits per heavy atom. The van der Waals surface area contributed by atoms with Crippen LogP contribution in [0, 0.1) is 25.2 Å². The van der Waals surface area contributed by atoms with Gasteiger partial charge in [-0.15, -0.1) is 0 Å². The number of imide groups is 1. The van der Waals surface area contributed by atoms with Crippen LogP contribution in [0.2, 0.25) is 0 Å². The van der Waals surface area contributed by atoms with Crippen molar-refractivity contribution in [3.05, 3.63) is 74.8 Å². The molecule has 1 saturated heterocycles. The summed E-state index contributed by atoms with van der Waals surface area (Å²) in [7, 11) is 3.49. The number of amides is 2. The molecule has 3 aromatic rings. The van der Waals surface area contributed by atoms with Crippen LogP contribution in [0.3, 0.4) is 0 Å². The lowest BCUT2D eigenvalue weighted by Crippen LogP contribution is -2.68. The number of fused-ring (bicyclic) bond motifs is 10. The summed E-state index contributed by atoms with van der Waals surface area (Å²) in [6.07, 6.45) is 0.831. The zero-order valence-corrected chi connectivity index (χ0v) is 25.3. The number of phenolic OH excluding ortho intramolecular Hbond substituents is 2. The van der Waals surface area contributed by atoms with E-state index in [0.717, 1.165) is 16.7 Å². The second-order valence-electron chi connectivity index (χ2n) is 12.5. The van der Waals surface area contributed by atoms with Crippen molar-refractivity contribution in [2.24, 2.45) is 0 Å². The number of phenols is 2. The zero-order chi connectivity index (χ0) is 31.5. The third kappa shape index (κ3) is 3.52. The summed E-state index contributed by atoms with van der Waals surface area (Å²) in [5, 5.41) is 34.1. The van der Waals surface area contributed by atoms with Crippen LogP contribution < -0.4 is 14.2 Å². The van der Waals surface area contributed by atoms with Gasteiger partial charge < -0.3 is 24.4 Å². The number of nitriles is 1. The molecule has 8 rings (SSSR count). The standard InChI is InChI=1S/C34H32N4O7/c1-15-9-17-10-21-23(12-35)38-22(27(36(21)3)25(17)29(40)30(15)43-4)11-20-26(32-31(44-14-45-32)16(2)28(20)39)24(38)13-37-33(41)18-7-5-6-8-19(18)34(37)42/h5-9,21-24,27,39-40H,10-11,13-14H2,1-4H3/t21-,22-,23-,24-,27?/m0/s1. The van der Waals surface area contributed by atoms with Crippen LogP contribution in [0.1, 0.15) is 66.2 Å². The number of hydrogen-bond donors (Lipinski definition) is 2. The van der Waals surface area contributed by atoms with Crippen molar-refractivity contribution in [3.8, 4) is 34.8 Å². The third-order valence-electron chi connectivity index (χ3n) is 10.5. The molecule has 5 heterocycles. The number of nitrogens with zero attached hydrogens (tertiary/aromatic N) is 4. The van der Waals surface area contributed by atoms with Crippen LogP contribution in [0.25, 0.3) is 0 Å². The van der Waals surface area contributed by atoms with Crippen molar-refractivity contribution in [1.29, 1.82) is 5.26 Å². The molecule has 11 heteroatoms. The third-order valence-corrected chi connectivity index (χ3v) is 10.5. The Kier molecular flexibility index (Phi) is 5.92. The number of benzene rings is 3. The summed E-state index contributed by atoms with van der Waals surface area (Å²) in [5.74, 6) is 0.583. The van der Waals surface area contributed by atoms with Gasteiger partial charge in [-0.25, -0.2) is 0 Å². The van der Waals surface area contributed by atoms with Gasteiger partial charge in [0.15, 0.2) is 23.0 Å². The first-order valence-corrected chi connectivity index (χ1v) is 15.0. The van der Waals surface area contributed by atoms with Gasteiger partial charge in [-0.3, -0.25) is 24.3 Å². The van der Waals surface area contributed by atoms with E-state index < -0.39 is 29.9 Å². The monoisotopic (exact) mass is 608 g/mol. The zero-order valence-electron chi connectivity index (χ0n) is 25.3. The molecule has 1 unspecified atom stereocenters. The highest BCUT2D eigenvalue weighted by atomic mass is 16.7. The Bertz CT molecular complexity index is 1850. The van der Waals surface area contributed by atoms with E-state index in [1.54, 1.807) is 31.2 Å². The van der Waals surface area contributed by atoms with Gasteiger partial charge in [-0.2, -0.15) is 5.26 Å². The van der Waals surface area contributed by atoms with E-state index in [0.29, 0.717) is 57.9 Å². The van der Waals surface area contributed by atoms with E-state index in [1.807, 2.05) is 20.0 Å². The fraction of sp³-hybridized carbons (Fsp3) is 0.382. The summed E-state index contributed by atoms with van der Waals surface area (Å²) in [6, 6.07) is 8.91. The molecular formula is C34H32N4O7. The minimum absolute atomic E-state index is 0.0364. The number of rotatable bonds is 3. The average molecular weight is 609 g/mol. The van der Waals surface area contributed by atoms with Crippen molar-refractivity contribution >= 4 is 11.8 Å². The van der Waals surface area contributed by atoms with Crippen molar-refractivity contribution in [2.45, 2.75) is 56.9 Å². The van der Waals surface area contributed by atoms with Gasteiger partial charge in [-0.1, -0.05) is 18.2 Å². The number of ether oxygens (including phenoxy) is 3. The first kappa shape index (κ1) is 27.7. The van der Waals surface area contributed by atoms with E-state index in [-0.39, 0.29) is 36.9 Å². The Morgan fingerprint density at radius 3 is 2.36 bits per heavy atom. The maximum absolute atomic E-state index is 13.7. The van der Waals surface area contributed by atoms with Crippen LogP contribution in [-0.2, 0) is 12.8 Å². The average Bonchev–Trinajstić information content (AvgIpc) is 3.60. The number of likely N-dealkylation sites (N-methyl/N-ethyl adjacent to an activating group) is 1. The minimum atomic E-state index is -0.706. The van der Waals surface area contributed by atoms with Crippen LogP contribution in [0.5, 0.6) is 28.7 Å². The highest BCUT2D eigenvalue weighted by molar-refractivity contribution is 6.21. The van der Waals surface area contributed by atoms with Gasteiger partial charge in [0.2, 0.25) is 6.79 Å². The predicted octanol–water partition coefficient (Wildman–Crippen LogP) is 3.52. The van der Waals surface area contributed by atoms with Gasteiger partial charge in [0.1, 0.15) is 11.8 Å². The van der Waals surface area contributed by atoms with Crippen molar-refractivity contribution in [2.75, 3.05) is 27.5 Å². The first-order chi connectivity index (χ1) is 21.7. The van der Waals surface area contributed by atoms with Gasteiger partial charge in [0, 0.05) is 40.9 Å². The normalized spacial score (nSPS) is 26.2. The van der Waals surface area contributed by atoms with Crippen LogP contribution in [0.15, 0.2) is 30.3 Å². The van der Waals surface area contributed by atoms with Crippen molar-refractivity contribution in [1.82, 2.24) is 14.7 Å². The molecule has 0 spiro atoms. The van der Waals surface area contributed by atoms with Crippen LogP contribution in [-0.4, -0.2) is 82.3 Å². The first-order valence-electron chi connectivity index (χ1n) is 15.0. The number of carbonyl (C=O) groups is 2. The molecule has 3 aromatic carbocycles. The molecule has 5 aliphatic heterocycles. The molecule has 5 aliphatic rings. The van der Waals surface area contributed by atoms with E-state index >= 15 is 0 Å². The number of aryl methyl sites for hydroxylation is 1. The number of hydrogen-bond acceptors (Lipinski definition) is 10. The SMILES string of the molecule is COc1c(C)cc2c(c1O)C1[C@@H]3Cc4c(O)c(C)c5c(c4[C@H](CN4C(=O)c6ccccc6C4=O)N3[C@@H](C#N)[C@H](C2)N1C)OCO5. The molecule has 0 radical (unpaired) electrons. The highest BCUT2D eigenvalue weighted by Gasteiger charge is 2.57. The largest absolute Gasteiger partial charge is 0.507 e. The number of aromatic hydroxyl groups is 2. The van der Waals surface area contributed by atoms with E-state index in [9.17, 15) is 25.1 Å². The smallest absolute Gasteiger partial charge is 0.261 e. The topological polar surface area (TPSA) is 136 Å². The maximum Gasteiger partial charge on any atom is 0.261 e. The Morgan fingerprint density at radius 1 is 1.00 bits per heavy atom. The lowest BCUT2D eigenvalue weighted by atomic mass is 9.71. The van der Waals surface area contributed by atoms with Crippen molar-refractivity contribution in [3.63, 3.8) is 0 Å². The summed E-state index contributed by atoms with van der Waals surface area (Å²) in [6.45, 7) is 3.56. The molecule has 1 fully saturated rings. The van der Waals surface area contributed by atoms with E-state index in [2.05, 4.69) is 15.9 Å². The summed E-state index contributed by atoms with van der Waals surface area (Å²) in [4.78, 5) is 32.8. The molecule has 0 aliphatic carbocycles. The summed E-state index contributed by atoms with van der Waals surface area (Å²) in [5.41, 5.74) is 4.92. The Balaban J connectivity index is 1.35. The fourth-order valence-electron chi connectivity index (χ4n) is 8.60. The number of piperazine rings is 1. The minimum Gasteiger partial charge on any atom is -0.507 e. The second-order valence-corrected chi connectivity index (χ2v) is 12.5. The molecule has 0 saturated carbocycles. The number of methoxy groups -OCH3 is 1. The highest BCUT2D eigenvalue weighted by Crippen LogP contribution is 2.58. The lowest BCUT2D eigenvalue weighted by molar-refractivity contribution is -0.0758. The van der Waals surface area contributed by atoms with Gasteiger partial charge >= 0.3 is 0 Å². The van der Waals surface area contributed by atoms with E-state index in [4.69, 9.17) is 14.2 Å². The molecule has 230 valence electrons. The molecule has 2 amide bonds. The number of carbonyl (C=O) groups excluding carboxylic acids is 2. The molecular weight excluding hydrogens is 576 g/mol. The Labute approximate surface area is 259 Å². The van der Waals surface area contributed by atoms with Gasteiger partial charge in [0.05, 0.1) is 36.4 Å². The second kappa shape index (κ2) is 9.60. The van der Waals surface area contributed by atoms with Crippen LogP contribution in [0.4, 0.5) is 0 Å². The lowest BCUT2D eigenvalue weighted by Gasteiger charge is -2.60. The molecule has 0 aromatic heterocycles. The molecule has 45 heavy (non-hydrogen) atoms. The van der Waals surface area contributed by atoms with Gasteiger partial charge in [0.25, 0.3) is 11.8 Å². The molecule has 5 atom stereocenters. The van der Waals surface area contributed by atoms with Gasteiger partial charge in [-0.05, 0) is 57.0 Å². The molecule has 2 bridgehead atoms. The maximum atomic E-state index is 13.7. The van der Waals surface area contributed by atoms with Crippen molar-refractivity contribution < 1.29 is 34.0 Å². The summed E-state index contributed by atoms with van der Waals surface area (Å²) < 4.78 is 17.4. The molecule has 11 nitrogen and oxygen atoms in total. The molecule has 2 N–H and O–H groups in total. The van der Waals surface area contributed by atoms with Crippen LogP contribution >= 0.6 is 0 Å². The quantitative estimate of drug-likeness (QED) is 0.425. The Hall–Kier alpha value is -4.79. The predicted molar refractivity (Wildman–Crippen MR) is 160 cm³/mol. The summed E-state index contributed by atoms with van der Waals surface area (Å²) >= 11 is 0. The fourth-order valence-corrected chi connectivity index (χ4v) is 8.60. The van der Waals surface area contributed by atoms with E-state index in [1.165, 1.54) is 12.0 Å².